The summed E-state index contributed by atoms with van der Waals surface area (Å²) in [5.74, 6) is -0.00879. The quantitative estimate of drug-likeness (QED) is 0.759. The molecule has 0 saturated carbocycles. The van der Waals surface area contributed by atoms with Crippen molar-refractivity contribution in [3.05, 3.63) is 36.0 Å². The number of pyridine rings is 1. The SMILES string of the molecule is CCOC(=O)c1oc(C)nc1-c1ccccn1. The Kier molecular flexibility index (Phi) is 3.18. The van der Waals surface area contributed by atoms with Crippen molar-refractivity contribution in [2.24, 2.45) is 0 Å². The van der Waals surface area contributed by atoms with Crippen LogP contribution in [-0.2, 0) is 4.74 Å². The molecule has 0 saturated heterocycles. The molecule has 0 aliphatic rings. The number of oxazole rings is 1. The van der Waals surface area contributed by atoms with Crippen LogP contribution in [0.25, 0.3) is 11.4 Å². The smallest absolute Gasteiger partial charge is 0.376 e. The summed E-state index contributed by atoms with van der Waals surface area (Å²) in [6, 6.07) is 5.38. The van der Waals surface area contributed by atoms with Crippen molar-refractivity contribution < 1.29 is 13.9 Å². The molecule has 0 aliphatic heterocycles. The lowest BCUT2D eigenvalue weighted by Crippen LogP contribution is -2.05. The van der Waals surface area contributed by atoms with Gasteiger partial charge in [0, 0.05) is 13.1 Å². The highest BCUT2D eigenvalue weighted by molar-refractivity contribution is 5.92. The van der Waals surface area contributed by atoms with Crippen molar-refractivity contribution in [3.8, 4) is 11.4 Å². The van der Waals surface area contributed by atoms with Gasteiger partial charge >= 0.3 is 5.97 Å². The largest absolute Gasteiger partial charge is 0.460 e. The lowest BCUT2D eigenvalue weighted by atomic mass is 10.2. The van der Waals surface area contributed by atoms with Gasteiger partial charge in [-0.3, -0.25) is 4.98 Å². The van der Waals surface area contributed by atoms with Gasteiger partial charge in [-0.05, 0) is 19.1 Å². The molecule has 0 amide bonds. The summed E-state index contributed by atoms with van der Waals surface area (Å²) in [5.41, 5.74) is 1.01. The van der Waals surface area contributed by atoms with Crippen molar-refractivity contribution in [2.75, 3.05) is 6.61 Å². The molecule has 0 radical (unpaired) electrons. The second-order valence-corrected chi connectivity index (χ2v) is 3.35. The fraction of sp³-hybridized carbons (Fsp3) is 0.250. The minimum absolute atomic E-state index is 0.100. The third-order valence-electron chi connectivity index (χ3n) is 2.10. The molecular formula is C12H12N2O3. The van der Waals surface area contributed by atoms with Crippen LogP contribution in [0.1, 0.15) is 23.4 Å². The van der Waals surface area contributed by atoms with E-state index in [-0.39, 0.29) is 5.76 Å². The molecule has 2 aromatic heterocycles. The van der Waals surface area contributed by atoms with E-state index in [1.54, 1.807) is 32.2 Å². The zero-order valence-electron chi connectivity index (χ0n) is 9.64. The molecule has 0 spiro atoms. The van der Waals surface area contributed by atoms with E-state index in [0.29, 0.717) is 23.9 Å². The van der Waals surface area contributed by atoms with Crippen LogP contribution < -0.4 is 0 Å². The van der Waals surface area contributed by atoms with Crippen molar-refractivity contribution in [2.45, 2.75) is 13.8 Å². The standard InChI is InChI=1S/C12H12N2O3/c1-3-16-12(15)11-10(14-8(2)17-11)9-6-4-5-7-13-9/h4-7H,3H2,1-2H3. The number of carbonyl (C=O) groups excluding carboxylic acids is 1. The highest BCUT2D eigenvalue weighted by atomic mass is 16.5. The number of carbonyl (C=O) groups is 1. The number of aryl methyl sites for hydroxylation is 1. The summed E-state index contributed by atoms with van der Waals surface area (Å²) in [6.45, 7) is 3.71. The fourth-order valence-corrected chi connectivity index (χ4v) is 1.44. The van der Waals surface area contributed by atoms with Crippen LogP contribution >= 0.6 is 0 Å². The molecule has 2 rings (SSSR count). The van der Waals surface area contributed by atoms with Crippen LogP contribution in [-0.4, -0.2) is 22.5 Å². The lowest BCUT2D eigenvalue weighted by Gasteiger charge is -2.00. The molecule has 2 heterocycles. The zero-order valence-corrected chi connectivity index (χ0v) is 9.64. The molecule has 5 nitrogen and oxygen atoms in total. The van der Waals surface area contributed by atoms with Crippen molar-refractivity contribution in [1.82, 2.24) is 9.97 Å². The summed E-state index contributed by atoms with van der Waals surface area (Å²) < 4.78 is 10.2. The maximum absolute atomic E-state index is 11.7. The number of hydrogen-bond acceptors (Lipinski definition) is 5. The van der Waals surface area contributed by atoms with Gasteiger partial charge in [0.15, 0.2) is 5.89 Å². The lowest BCUT2D eigenvalue weighted by molar-refractivity contribution is 0.0489. The zero-order chi connectivity index (χ0) is 12.3. The van der Waals surface area contributed by atoms with Gasteiger partial charge in [-0.25, -0.2) is 9.78 Å². The molecule has 2 aromatic rings. The summed E-state index contributed by atoms with van der Waals surface area (Å²) >= 11 is 0. The predicted molar refractivity (Wildman–Crippen MR) is 60.4 cm³/mol. The predicted octanol–water partition coefficient (Wildman–Crippen LogP) is 2.22. The minimum Gasteiger partial charge on any atom is -0.460 e. The van der Waals surface area contributed by atoms with E-state index in [2.05, 4.69) is 9.97 Å². The molecule has 0 atom stereocenters. The van der Waals surface area contributed by atoms with E-state index >= 15 is 0 Å². The molecule has 0 aliphatic carbocycles. The van der Waals surface area contributed by atoms with Crippen molar-refractivity contribution in [3.63, 3.8) is 0 Å². The molecule has 0 N–H and O–H groups in total. The summed E-state index contributed by atoms with van der Waals surface area (Å²) in [6.07, 6.45) is 1.63. The topological polar surface area (TPSA) is 65.2 Å². The first kappa shape index (κ1) is 11.3. The van der Waals surface area contributed by atoms with Gasteiger partial charge in [0.05, 0.1) is 12.3 Å². The van der Waals surface area contributed by atoms with Gasteiger partial charge in [-0.2, -0.15) is 0 Å². The second kappa shape index (κ2) is 4.78. The Morgan fingerprint density at radius 3 is 2.94 bits per heavy atom. The van der Waals surface area contributed by atoms with Crippen LogP contribution in [0.15, 0.2) is 28.8 Å². The van der Waals surface area contributed by atoms with Gasteiger partial charge in [0.2, 0.25) is 5.76 Å². The third kappa shape index (κ3) is 2.33. The number of esters is 1. The highest BCUT2D eigenvalue weighted by Gasteiger charge is 2.21. The van der Waals surface area contributed by atoms with Gasteiger partial charge in [0.1, 0.15) is 5.69 Å². The van der Waals surface area contributed by atoms with Crippen LogP contribution in [0.2, 0.25) is 0 Å². The molecular weight excluding hydrogens is 220 g/mol. The number of aromatic nitrogens is 2. The molecule has 0 unspecified atom stereocenters. The van der Waals surface area contributed by atoms with Gasteiger partial charge in [0.25, 0.3) is 0 Å². The number of ether oxygens (including phenoxy) is 1. The van der Waals surface area contributed by atoms with E-state index in [9.17, 15) is 4.79 Å². The van der Waals surface area contributed by atoms with Crippen LogP contribution in [0.4, 0.5) is 0 Å². The third-order valence-corrected chi connectivity index (χ3v) is 2.10. The maximum Gasteiger partial charge on any atom is 0.376 e. The van der Waals surface area contributed by atoms with Gasteiger partial charge < -0.3 is 9.15 Å². The monoisotopic (exact) mass is 232 g/mol. The Morgan fingerprint density at radius 1 is 1.47 bits per heavy atom. The van der Waals surface area contributed by atoms with E-state index in [4.69, 9.17) is 9.15 Å². The Balaban J connectivity index is 2.44. The Labute approximate surface area is 98.5 Å². The maximum atomic E-state index is 11.7. The molecule has 5 heteroatoms. The fourth-order valence-electron chi connectivity index (χ4n) is 1.44. The second-order valence-electron chi connectivity index (χ2n) is 3.35. The van der Waals surface area contributed by atoms with E-state index in [1.165, 1.54) is 0 Å². The van der Waals surface area contributed by atoms with Crippen molar-refractivity contribution in [1.29, 1.82) is 0 Å². The Morgan fingerprint density at radius 2 is 2.29 bits per heavy atom. The van der Waals surface area contributed by atoms with E-state index < -0.39 is 5.97 Å². The van der Waals surface area contributed by atoms with E-state index in [1.807, 2.05) is 6.07 Å². The number of hydrogen-bond donors (Lipinski definition) is 0. The molecule has 17 heavy (non-hydrogen) atoms. The van der Waals surface area contributed by atoms with Gasteiger partial charge in [-0.15, -0.1) is 0 Å². The minimum atomic E-state index is -0.520. The van der Waals surface area contributed by atoms with Crippen LogP contribution in [0.5, 0.6) is 0 Å². The summed E-state index contributed by atoms with van der Waals surface area (Å²) in [5, 5.41) is 0. The normalized spacial score (nSPS) is 10.2. The Hall–Kier alpha value is -2.17. The summed E-state index contributed by atoms with van der Waals surface area (Å²) in [4.78, 5) is 20.0. The van der Waals surface area contributed by atoms with Gasteiger partial charge in [-0.1, -0.05) is 6.07 Å². The first-order valence-corrected chi connectivity index (χ1v) is 5.28. The highest BCUT2D eigenvalue weighted by Crippen LogP contribution is 2.22. The molecule has 0 aromatic carbocycles. The van der Waals surface area contributed by atoms with Crippen LogP contribution in [0, 0.1) is 6.92 Å². The average molecular weight is 232 g/mol. The van der Waals surface area contributed by atoms with E-state index in [0.717, 1.165) is 0 Å². The van der Waals surface area contributed by atoms with Crippen LogP contribution in [0.3, 0.4) is 0 Å². The number of nitrogens with zero attached hydrogens (tertiary/aromatic N) is 2. The first-order valence-electron chi connectivity index (χ1n) is 5.28. The Bertz CT molecular complexity index is 520. The molecule has 0 fully saturated rings. The molecule has 88 valence electrons. The molecule has 0 bridgehead atoms. The summed E-state index contributed by atoms with van der Waals surface area (Å²) in [7, 11) is 0. The number of rotatable bonds is 3. The average Bonchev–Trinajstić information content (AvgIpc) is 2.73. The first-order chi connectivity index (χ1) is 8.22. The van der Waals surface area contributed by atoms with Crippen molar-refractivity contribution >= 4 is 5.97 Å².